The van der Waals surface area contributed by atoms with Crippen molar-refractivity contribution in [1.29, 1.82) is 0 Å². The molecule has 1 unspecified atom stereocenters. The van der Waals surface area contributed by atoms with Gasteiger partial charge in [-0.1, -0.05) is 66.7 Å². The Morgan fingerprint density at radius 2 is 1.50 bits per heavy atom. The van der Waals surface area contributed by atoms with Crippen LogP contribution < -0.4 is 16.9 Å². The number of rotatable bonds is 7. The van der Waals surface area contributed by atoms with Crippen LogP contribution in [0.25, 0.3) is 11.1 Å². The Kier molecular flexibility index (Phi) is 5.82. The summed E-state index contributed by atoms with van der Waals surface area (Å²) in [4.78, 5) is 0. The number of hydrogen-bond donors (Lipinski definition) is 3. The molecule has 0 fully saturated rings. The molecule has 0 bridgehead atoms. The van der Waals surface area contributed by atoms with E-state index >= 15 is 0 Å². The van der Waals surface area contributed by atoms with Crippen LogP contribution in [0.3, 0.4) is 0 Å². The molecule has 3 heteroatoms. The molecule has 0 heterocycles. The van der Waals surface area contributed by atoms with Gasteiger partial charge in [0.25, 0.3) is 0 Å². The molecule has 6 N–H and O–H groups in total. The monoisotopic (exact) mass is 344 g/mol. The van der Waals surface area contributed by atoms with Gasteiger partial charge in [-0.2, -0.15) is 0 Å². The van der Waals surface area contributed by atoms with Crippen molar-refractivity contribution in [3.63, 3.8) is 0 Å². The summed E-state index contributed by atoms with van der Waals surface area (Å²) >= 11 is 0. The molecular weight excluding hydrogens is 318 g/mol. The van der Waals surface area contributed by atoms with E-state index in [1.165, 1.54) is 5.56 Å². The topological polar surface area (TPSA) is 77.6 Å². The minimum atomic E-state index is 0.173. The Hall–Kier alpha value is -2.91. The predicted octanol–water partition coefficient (Wildman–Crippen LogP) is 2.69. The van der Waals surface area contributed by atoms with Gasteiger partial charge in [-0.15, -0.1) is 0 Å². The number of anilines is 1. The first-order valence-corrected chi connectivity index (χ1v) is 9.00. The van der Waals surface area contributed by atoms with Crippen molar-refractivity contribution < 1.29 is 5.41 Å². The van der Waals surface area contributed by atoms with Gasteiger partial charge in [0.05, 0.1) is 5.56 Å². The van der Waals surface area contributed by atoms with Crippen molar-refractivity contribution in [3.8, 4) is 11.1 Å². The Bertz CT molecular complexity index is 857. The molecule has 0 aliphatic heterocycles. The summed E-state index contributed by atoms with van der Waals surface area (Å²) in [6.07, 6.45) is 1.70. The molecule has 0 aliphatic carbocycles. The minimum absolute atomic E-state index is 0.173. The summed E-state index contributed by atoms with van der Waals surface area (Å²) in [6, 6.07) is 26.7. The zero-order valence-corrected chi connectivity index (χ0v) is 14.9. The van der Waals surface area contributed by atoms with E-state index < -0.39 is 0 Å². The Morgan fingerprint density at radius 3 is 2.12 bits per heavy atom. The quantitative estimate of drug-likeness (QED) is 0.455. The average Bonchev–Trinajstić information content (AvgIpc) is 2.68. The second kappa shape index (κ2) is 8.45. The van der Waals surface area contributed by atoms with Crippen molar-refractivity contribution in [2.24, 2.45) is 11.7 Å². The predicted molar refractivity (Wildman–Crippen MR) is 110 cm³/mol. The second-order valence-electron chi connectivity index (χ2n) is 6.59. The number of hydrogen-bond acceptors (Lipinski definition) is 2. The van der Waals surface area contributed by atoms with Gasteiger partial charge in [0.2, 0.25) is 0 Å². The second-order valence-corrected chi connectivity index (χ2v) is 6.59. The molecule has 0 saturated heterocycles. The van der Waals surface area contributed by atoms with Gasteiger partial charge >= 0.3 is 0 Å². The maximum atomic E-state index is 6.54. The van der Waals surface area contributed by atoms with Crippen molar-refractivity contribution in [2.75, 3.05) is 12.3 Å². The van der Waals surface area contributed by atoms with Crippen LogP contribution in [-0.2, 0) is 6.42 Å². The van der Waals surface area contributed by atoms with Gasteiger partial charge in [0, 0.05) is 11.6 Å². The molecule has 0 radical (unpaired) electrons. The number of nitrogen functional groups attached to an aromatic ring is 1. The van der Waals surface area contributed by atoms with Crippen LogP contribution in [0.15, 0.2) is 78.9 Å². The lowest BCUT2D eigenvalue weighted by atomic mass is 9.87. The van der Waals surface area contributed by atoms with Crippen molar-refractivity contribution in [2.45, 2.75) is 12.8 Å². The highest BCUT2D eigenvalue weighted by Gasteiger charge is 2.23. The van der Waals surface area contributed by atoms with E-state index in [0.717, 1.165) is 35.2 Å². The van der Waals surface area contributed by atoms with Crippen LogP contribution in [0.1, 0.15) is 17.5 Å². The molecule has 0 amide bonds. The third-order valence-electron chi connectivity index (χ3n) is 4.75. The van der Waals surface area contributed by atoms with Crippen LogP contribution in [0, 0.1) is 5.92 Å². The summed E-state index contributed by atoms with van der Waals surface area (Å²) < 4.78 is 0. The molecule has 0 saturated carbocycles. The maximum absolute atomic E-state index is 6.54. The number of benzene rings is 3. The third-order valence-corrected chi connectivity index (χ3v) is 4.75. The lowest BCUT2D eigenvalue weighted by molar-refractivity contribution is -0.118. The van der Waals surface area contributed by atoms with E-state index in [-0.39, 0.29) is 5.92 Å². The molecule has 3 rings (SSSR count). The minimum Gasteiger partial charge on any atom is -0.398 e. The average molecular weight is 344 g/mol. The zero-order valence-electron chi connectivity index (χ0n) is 14.9. The lowest BCUT2D eigenvalue weighted by Gasteiger charge is -2.16. The summed E-state index contributed by atoms with van der Waals surface area (Å²) in [6.45, 7) is 0.597. The molecule has 132 valence electrons. The van der Waals surface area contributed by atoms with E-state index in [1.807, 2.05) is 48.5 Å². The van der Waals surface area contributed by atoms with Crippen molar-refractivity contribution >= 4 is 11.4 Å². The van der Waals surface area contributed by atoms with Gasteiger partial charge < -0.3 is 11.5 Å². The van der Waals surface area contributed by atoms with Crippen molar-refractivity contribution in [3.05, 3.63) is 90.0 Å². The highest BCUT2D eigenvalue weighted by atomic mass is 14.6. The van der Waals surface area contributed by atoms with Gasteiger partial charge in [-0.3, -0.25) is 5.41 Å². The highest BCUT2D eigenvalue weighted by molar-refractivity contribution is 6.02. The summed E-state index contributed by atoms with van der Waals surface area (Å²) in [5.41, 5.74) is 18.1. The molecule has 0 aromatic heterocycles. The molecular formula is C23H26N3+. The largest absolute Gasteiger partial charge is 0.398 e. The first kappa shape index (κ1) is 17.9. The third kappa shape index (κ3) is 4.19. The van der Waals surface area contributed by atoms with E-state index in [9.17, 15) is 0 Å². The normalized spacial score (nSPS) is 11.9. The molecule has 1 atom stereocenters. The molecule has 0 aliphatic rings. The van der Waals surface area contributed by atoms with E-state index in [2.05, 4.69) is 30.3 Å². The van der Waals surface area contributed by atoms with Crippen LogP contribution in [0.5, 0.6) is 0 Å². The van der Waals surface area contributed by atoms with Crippen LogP contribution in [0.2, 0.25) is 0 Å². The fourth-order valence-corrected chi connectivity index (χ4v) is 3.32. The number of nitrogens with two attached hydrogens (primary N) is 3. The van der Waals surface area contributed by atoms with Crippen LogP contribution in [0.4, 0.5) is 5.69 Å². The summed E-state index contributed by atoms with van der Waals surface area (Å²) in [5.74, 6) is 0.173. The summed E-state index contributed by atoms with van der Waals surface area (Å²) in [7, 11) is 0. The van der Waals surface area contributed by atoms with Gasteiger partial charge in [0.15, 0.2) is 5.71 Å². The van der Waals surface area contributed by atoms with Crippen LogP contribution >= 0.6 is 0 Å². The van der Waals surface area contributed by atoms with E-state index in [1.54, 1.807) is 0 Å². The lowest BCUT2D eigenvalue weighted by Crippen LogP contribution is -2.46. The van der Waals surface area contributed by atoms with Crippen LogP contribution in [-0.4, -0.2) is 12.3 Å². The Morgan fingerprint density at radius 1 is 0.846 bits per heavy atom. The van der Waals surface area contributed by atoms with Gasteiger partial charge in [-0.25, -0.2) is 0 Å². The molecule has 26 heavy (non-hydrogen) atoms. The smallest absolute Gasteiger partial charge is 0.185 e. The fourth-order valence-electron chi connectivity index (χ4n) is 3.32. The first-order chi connectivity index (χ1) is 12.7. The van der Waals surface area contributed by atoms with Gasteiger partial charge in [-0.05, 0) is 48.2 Å². The fraction of sp³-hybridized carbons (Fsp3) is 0.174. The summed E-state index contributed by atoms with van der Waals surface area (Å²) in [5, 5.41) is 6.54. The standard InChI is InChI=1S/C23H25N3/c24-14-13-20(15-17-7-3-1-4-8-17)23(26)21-12-11-19(16-22(21)25)18-9-5-2-6-10-18/h1-12,16,20,26H,13-15,24-25H2/p+1. The molecule has 3 aromatic rings. The molecule has 0 spiro atoms. The van der Waals surface area contributed by atoms with E-state index in [0.29, 0.717) is 12.2 Å². The van der Waals surface area contributed by atoms with Gasteiger partial charge in [0.1, 0.15) is 0 Å². The highest BCUT2D eigenvalue weighted by Crippen LogP contribution is 2.26. The first-order valence-electron chi connectivity index (χ1n) is 9.00. The SMILES string of the molecule is NCCC(Cc1ccccc1)C(=[NH2+])c1ccc(-c2ccccc2)cc1N. The Balaban J connectivity index is 1.85. The molecule has 3 aromatic carbocycles. The maximum Gasteiger partial charge on any atom is 0.185 e. The van der Waals surface area contributed by atoms with E-state index in [4.69, 9.17) is 16.9 Å². The zero-order chi connectivity index (χ0) is 18.4. The van der Waals surface area contributed by atoms with Crippen molar-refractivity contribution in [1.82, 2.24) is 0 Å². The molecule has 3 nitrogen and oxygen atoms in total. The Labute approximate surface area is 155 Å².